The summed E-state index contributed by atoms with van der Waals surface area (Å²) in [5.74, 6) is 0.529. The molecule has 15 heavy (non-hydrogen) atoms. The lowest BCUT2D eigenvalue weighted by Crippen LogP contribution is -1.84. The van der Waals surface area contributed by atoms with Crippen LogP contribution in [0, 0.1) is 13.8 Å². The Kier molecular flexibility index (Phi) is 3.37. The summed E-state index contributed by atoms with van der Waals surface area (Å²) in [5.41, 5.74) is 10.2. The number of anilines is 1. The molecule has 0 radical (unpaired) electrons. The van der Waals surface area contributed by atoms with Crippen molar-refractivity contribution in [1.82, 2.24) is 10.2 Å². The number of hydrogen-bond acceptors (Lipinski definition) is 2. The van der Waals surface area contributed by atoms with Crippen molar-refractivity contribution in [2.24, 2.45) is 0 Å². The maximum Gasteiger partial charge on any atom is 0.145 e. The van der Waals surface area contributed by atoms with Crippen LogP contribution in [0.15, 0.2) is 24.3 Å². The molecular weight excluding hydrogens is 210 g/mol. The molecule has 0 spiro atoms. The van der Waals surface area contributed by atoms with Crippen molar-refractivity contribution in [2.45, 2.75) is 13.8 Å². The number of nitrogens with two attached hydrogens (primary N) is 1. The predicted molar refractivity (Wildman–Crippen MR) is 65.2 cm³/mol. The van der Waals surface area contributed by atoms with Crippen LogP contribution < -0.4 is 5.73 Å². The molecule has 3 nitrogen and oxygen atoms in total. The van der Waals surface area contributed by atoms with Crippen LogP contribution in [-0.4, -0.2) is 10.2 Å². The minimum atomic E-state index is 0. The molecule has 4 heteroatoms. The maximum atomic E-state index is 5.56. The van der Waals surface area contributed by atoms with Crippen LogP contribution in [-0.2, 0) is 0 Å². The van der Waals surface area contributed by atoms with Gasteiger partial charge in [0.2, 0.25) is 0 Å². The zero-order valence-corrected chi connectivity index (χ0v) is 9.56. The Labute approximate surface area is 95.1 Å². The summed E-state index contributed by atoms with van der Waals surface area (Å²) in [6.07, 6.45) is 0. The van der Waals surface area contributed by atoms with Gasteiger partial charge < -0.3 is 5.73 Å². The Morgan fingerprint density at radius 1 is 1.20 bits per heavy atom. The molecule has 0 aliphatic carbocycles. The van der Waals surface area contributed by atoms with Crippen LogP contribution >= 0.6 is 12.4 Å². The summed E-state index contributed by atoms with van der Waals surface area (Å²) < 4.78 is 0. The summed E-state index contributed by atoms with van der Waals surface area (Å²) in [6.45, 7) is 4.15. The van der Waals surface area contributed by atoms with Crippen molar-refractivity contribution in [2.75, 3.05) is 5.73 Å². The second-order valence-electron chi connectivity index (χ2n) is 3.52. The highest BCUT2D eigenvalue weighted by Gasteiger charge is 2.04. The first-order valence-electron chi connectivity index (χ1n) is 4.55. The first kappa shape index (κ1) is 11.6. The molecule has 0 aliphatic rings. The van der Waals surface area contributed by atoms with Gasteiger partial charge >= 0.3 is 0 Å². The van der Waals surface area contributed by atoms with Crippen molar-refractivity contribution >= 4 is 18.2 Å². The third-order valence-electron chi connectivity index (χ3n) is 2.28. The van der Waals surface area contributed by atoms with Crippen molar-refractivity contribution in [3.8, 4) is 11.3 Å². The van der Waals surface area contributed by atoms with Gasteiger partial charge in [0.1, 0.15) is 5.82 Å². The quantitative estimate of drug-likeness (QED) is 0.781. The zero-order valence-electron chi connectivity index (χ0n) is 8.74. The molecule has 80 valence electrons. The van der Waals surface area contributed by atoms with Crippen LogP contribution in [0.3, 0.4) is 0 Å². The number of nitrogens with one attached hydrogen (secondary N) is 1. The van der Waals surface area contributed by atoms with E-state index in [9.17, 15) is 0 Å². The van der Waals surface area contributed by atoms with Crippen molar-refractivity contribution in [3.05, 3.63) is 35.4 Å². The molecule has 0 atom stereocenters. The minimum absolute atomic E-state index is 0. The van der Waals surface area contributed by atoms with Gasteiger partial charge in [-0.05, 0) is 25.5 Å². The van der Waals surface area contributed by atoms with Gasteiger partial charge in [-0.15, -0.1) is 12.4 Å². The number of H-pyrrole nitrogens is 1. The number of aryl methyl sites for hydroxylation is 2. The number of nitrogens with zero attached hydrogens (tertiary/aromatic N) is 1. The van der Waals surface area contributed by atoms with E-state index in [-0.39, 0.29) is 12.4 Å². The van der Waals surface area contributed by atoms with Gasteiger partial charge in [-0.25, -0.2) is 0 Å². The molecule has 0 aliphatic heterocycles. The monoisotopic (exact) mass is 223 g/mol. The topological polar surface area (TPSA) is 54.7 Å². The van der Waals surface area contributed by atoms with E-state index in [2.05, 4.69) is 42.2 Å². The Hall–Kier alpha value is -1.48. The molecular formula is C11H14ClN3. The van der Waals surface area contributed by atoms with Crippen molar-refractivity contribution in [1.29, 1.82) is 0 Å². The van der Waals surface area contributed by atoms with E-state index in [0.29, 0.717) is 5.82 Å². The number of hydrogen-bond donors (Lipinski definition) is 2. The molecule has 1 heterocycles. The lowest BCUT2D eigenvalue weighted by atomic mass is 10.0. The zero-order chi connectivity index (χ0) is 10.1. The standard InChI is InChI=1S/C11H13N3.ClH/c1-7-3-4-8(2)9(5-7)10-6-11(12)14-13-10;/h3-6H,1-2H3,(H3,12,13,14);1H. The Balaban J connectivity index is 0.00000112. The highest BCUT2D eigenvalue weighted by atomic mass is 35.5. The molecule has 2 rings (SSSR count). The lowest BCUT2D eigenvalue weighted by molar-refractivity contribution is 1.10. The molecule has 0 saturated heterocycles. The van der Waals surface area contributed by atoms with Gasteiger partial charge in [-0.3, -0.25) is 5.10 Å². The second kappa shape index (κ2) is 4.36. The average molecular weight is 224 g/mol. The molecule has 0 saturated carbocycles. The maximum absolute atomic E-state index is 5.56. The van der Waals surface area contributed by atoms with Gasteiger partial charge in [0.05, 0.1) is 5.69 Å². The fraction of sp³-hybridized carbons (Fsp3) is 0.182. The molecule has 1 aromatic heterocycles. The Bertz CT molecular complexity index is 463. The Morgan fingerprint density at radius 3 is 2.53 bits per heavy atom. The Morgan fingerprint density at radius 2 is 1.93 bits per heavy atom. The van der Waals surface area contributed by atoms with Gasteiger partial charge in [0.25, 0.3) is 0 Å². The van der Waals surface area contributed by atoms with Crippen LogP contribution in [0.5, 0.6) is 0 Å². The summed E-state index contributed by atoms with van der Waals surface area (Å²) in [5, 5.41) is 6.83. The fourth-order valence-corrected chi connectivity index (χ4v) is 1.50. The predicted octanol–water partition coefficient (Wildman–Crippen LogP) is 2.70. The van der Waals surface area contributed by atoms with Crippen LogP contribution in [0.25, 0.3) is 11.3 Å². The minimum Gasteiger partial charge on any atom is -0.382 e. The first-order chi connectivity index (χ1) is 6.66. The first-order valence-corrected chi connectivity index (χ1v) is 4.55. The SMILES string of the molecule is Cc1ccc(C)c(-c2cc(N)n[nH]2)c1.Cl. The number of rotatable bonds is 1. The normalized spacial score (nSPS) is 9.73. The van der Waals surface area contributed by atoms with Gasteiger partial charge in [0.15, 0.2) is 0 Å². The van der Waals surface area contributed by atoms with E-state index in [1.807, 2.05) is 6.07 Å². The lowest BCUT2D eigenvalue weighted by Gasteiger charge is -2.03. The molecule has 0 fully saturated rings. The molecule has 1 aromatic carbocycles. The van der Waals surface area contributed by atoms with Crippen LogP contribution in [0.1, 0.15) is 11.1 Å². The second-order valence-corrected chi connectivity index (χ2v) is 3.52. The summed E-state index contributed by atoms with van der Waals surface area (Å²) in [7, 11) is 0. The molecule has 0 amide bonds. The highest BCUT2D eigenvalue weighted by Crippen LogP contribution is 2.23. The van der Waals surface area contributed by atoms with Gasteiger partial charge in [0, 0.05) is 11.6 Å². The van der Waals surface area contributed by atoms with Crippen LogP contribution in [0.2, 0.25) is 0 Å². The van der Waals surface area contributed by atoms with E-state index < -0.39 is 0 Å². The fourth-order valence-electron chi connectivity index (χ4n) is 1.50. The van der Waals surface area contributed by atoms with E-state index in [0.717, 1.165) is 11.3 Å². The number of aromatic nitrogens is 2. The largest absolute Gasteiger partial charge is 0.382 e. The van der Waals surface area contributed by atoms with E-state index in [1.54, 1.807) is 0 Å². The van der Waals surface area contributed by atoms with Crippen LogP contribution in [0.4, 0.5) is 5.82 Å². The molecule has 2 aromatic rings. The number of nitrogen functional groups attached to an aromatic ring is 1. The average Bonchev–Trinajstić information content (AvgIpc) is 2.56. The van der Waals surface area contributed by atoms with E-state index in [1.165, 1.54) is 11.1 Å². The van der Waals surface area contributed by atoms with Crippen molar-refractivity contribution < 1.29 is 0 Å². The van der Waals surface area contributed by atoms with Gasteiger partial charge in [-0.2, -0.15) is 5.10 Å². The molecule has 3 N–H and O–H groups in total. The van der Waals surface area contributed by atoms with Gasteiger partial charge in [-0.1, -0.05) is 17.7 Å². The number of halogens is 1. The summed E-state index contributed by atoms with van der Waals surface area (Å²) >= 11 is 0. The van der Waals surface area contributed by atoms with E-state index in [4.69, 9.17) is 5.73 Å². The smallest absolute Gasteiger partial charge is 0.145 e. The highest BCUT2D eigenvalue weighted by molar-refractivity contribution is 5.85. The number of benzene rings is 1. The third-order valence-corrected chi connectivity index (χ3v) is 2.28. The van der Waals surface area contributed by atoms with E-state index >= 15 is 0 Å². The molecule has 0 unspecified atom stereocenters. The molecule has 0 bridgehead atoms. The van der Waals surface area contributed by atoms with Crippen molar-refractivity contribution in [3.63, 3.8) is 0 Å². The third kappa shape index (κ3) is 2.30. The summed E-state index contributed by atoms with van der Waals surface area (Å²) in [4.78, 5) is 0. The summed E-state index contributed by atoms with van der Waals surface area (Å²) in [6, 6.07) is 8.17. The number of aromatic amines is 1.